The minimum Gasteiger partial charge on any atom is -0.301 e. The monoisotopic (exact) mass is 157 g/mol. The molecule has 0 aromatic heterocycles. The van der Waals surface area contributed by atoms with Crippen LogP contribution in [0.25, 0.3) is 0 Å². The quantitative estimate of drug-likeness (QED) is 0.593. The fraction of sp³-hybridized carbons (Fsp3) is 1.00. The Morgan fingerprint density at radius 1 is 1.09 bits per heavy atom. The van der Waals surface area contributed by atoms with E-state index in [2.05, 4.69) is 39.6 Å². The first-order chi connectivity index (χ1) is 5.13. The number of rotatable bonds is 5. The van der Waals surface area contributed by atoms with Crippen molar-refractivity contribution < 1.29 is 0 Å². The Kier molecular flexibility index (Phi) is 5.57. The fourth-order valence-electron chi connectivity index (χ4n) is 1.34. The van der Waals surface area contributed by atoms with Gasteiger partial charge in [-0.3, -0.25) is 0 Å². The maximum Gasteiger partial charge on any atom is 0.00665 e. The Labute approximate surface area is 71.8 Å². The molecule has 11 heavy (non-hydrogen) atoms. The molecule has 0 heterocycles. The smallest absolute Gasteiger partial charge is 0.00665 e. The van der Waals surface area contributed by atoms with E-state index in [1.165, 1.54) is 19.3 Å². The fourth-order valence-corrected chi connectivity index (χ4v) is 1.34. The van der Waals surface area contributed by atoms with Crippen LogP contribution in [0.4, 0.5) is 0 Å². The number of nitrogens with zero attached hydrogens (tertiary/aromatic N) is 1. The molecule has 0 rings (SSSR count). The van der Waals surface area contributed by atoms with Crippen LogP contribution in [0.2, 0.25) is 0 Å². The highest BCUT2D eigenvalue weighted by atomic mass is 15.1. The topological polar surface area (TPSA) is 3.24 Å². The molecule has 0 aliphatic rings. The van der Waals surface area contributed by atoms with Gasteiger partial charge in [-0.25, -0.2) is 0 Å². The van der Waals surface area contributed by atoms with Crippen LogP contribution >= 0.6 is 0 Å². The molecule has 0 fully saturated rings. The van der Waals surface area contributed by atoms with Crippen LogP contribution in [0.1, 0.15) is 47.0 Å². The van der Waals surface area contributed by atoms with E-state index in [-0.39, 0.29) is 0 Å². The molecule has 0 spiro atoms. The van der Waals surface area contributed by atoms with E-state index in [0.717, 1.165) is 12.1 Å². The average molecular weight is 157 g/mol. The van der Waals surface area contributed by atoms with Gasteiger partial charge in [0.2, 0.25) is 0 Å². The van der Waals surface area contributed by atoms with E-state index in [1.54, 1.807) is 0 Å². The zero-order valence-electron chi connectivity index (χ0n) is 8.72. The van der Waals surface area contributed by atoms with Crippen molar-refractivity contribution in [1.82, 2.24) is 4.90 Å². The molecule has 0 aliphatic heterocycles. The van der Waals surface area contributed by atoms with Crippen molar-refractivity contribution >= 4 is 0 Å². The Bertz CT molecular complexity index is 90.9. The molecule has 68 valence electrons. The zero-order chi connectivity index (χ0) is 8.85. The minimum absolute atomic E-state index is 0.733. The highest BCUT2D eigenvalue weighted by molar-refractivity contribution is 4.68. The number of hydrogen-bond acceptors (Lipinski definition) is 1. The summed E-state index contributed by atoms with van der Waals surface area (Å²) >= 11 is 0. The predicted octanol–water partition coefficient (Wildman–Crippen LogP) is 2.91. The van der Waals surface area contributed by atoms with Gasteiger partial charge in [0.25, 0.3) is 0 Å². The van der Waals surface area contributed by atoms with E-state index in [9.17, 15) is 0 Å². The molecule has 0 amide bonds. The highest BCUT2D eigenvalue weighted by Gasteiger charge is 2.12. The van der Waals surface area contributed by atoms with Gasteiger partial charge in [-0.1, -0.05) is 20.3 Å². The molecule has 0 aliphatic carbocycles. The maximum atomic E-state index is 2.48. The van der Waals surface area contributed by atoms with Crippen molar-refractivity contribution in [2.24, 2.45) is 0 Å². The second kappa shape index (κ2) is 5.59. The normalized spacial score (nSPS) is 16.9. The first-order valence-electron chi connectivity index (χ1n) is 4.85. The molecular weight excluding hydrogens is 134 g/mol. The summed E-state index contributed by atoms with van der Waals surface area (Å²) in [5, 5.41) is 0. The van der Waals surface area contributed by atoms with Crippen LogP contribution in [-0.4, -0.2) is 24.0 Å². The molecule has 1 nitrogen and oxygen atoms in total. The van der Waals surface area contributed by atoms with Crippen LogP contribution < -0.4 is 0 Å². The molecule has 0 bridgehead atoms. The Morgan fingerprint density at radius 3 is 2.00 bits per heavy atom. The first-order valence-corrected chi connectivity index (χ1v) is 4.85. The molecule has 0 N–H and O–H groups in total. The minimum atomic E-state index is 0.733. The van der Waals surface area contributed by atoms with Crippen molar-refractivity contribution in [1.29, 1.82) is 0 Å². The highest BCUT2D eigenvalue weighted by Crippen LogP contribution is 2.09. The van der Waals surface area contributed by atoms with E-state index in [0.29, 0.717) is 0 Å². The Balaban J connectivity index is 3.70. The molecular formula is C10H23N. The Morgan fingerprint density at radius 2 is 1.64 bits per heavy atom. The third kappa shape index (κ3) is 3.76. The number of hydrogen-bond donors (Lipinski definition) is 0. The SMILES string of the molecule is CCCC(C)N(C)C(C)CC. The van der Waals surface area contributed by atoms with E-state index >= 15 is 0 Å². The summed E-state index contributed by atoms with van der Waals surface area (Å²) < 4.78 is 0. The van der Waals surface area contributed by atoms with E-state index < -0.39 is 0 Å². The van der Waals surface area contributed by atoms with Gasteiger partial charge in [0.05, 0.1) is 0 Å². The summed E-state index contributed by atoms with van der Waals surface area (Å²) in [6.45, 7) is 9.11. The molecule has 0 saturated carbocycles. The second-order valence-electron chi connectivity index (χ2n) is 3.56. The summed E-state index contributed by atoms with van der Waals surface area (Å²) in [7, 11) is 2.23. The van der Waals surface area contributed by atoms with E-state index in [4.69, 9.17) is 0 Å². The predicted molar refractivity (Wildman–Crippen MR) is 51.9 cm³/mol. The van der Waals surface area contributed by atoms with Crippen molar-refractivity contribution in [3.05, 3.63) is 0 Å². The average Bonchev–Trinajstić information content (AvgIpc) is 2.02. The van der Waals surface area contributed by atoms with Crippen molar-refractivity contribution in [3.8, 4) is 0 Å². The third-order valence-electron chi connectivity index (χ3n) is 2.69. The van der Waals surface area contributed by atoms with Crippen molar-refractivity contribution in [2.75, 3.05) is 7.05 Å². The van der Waals surface area contributed by atoms with Gasteiger partial charge in [0.1, 0.15) is 0 Å². The summed E-state index contributed by atoms with van der Waals surface area (Å²) in [5.74, 6) is 0. The summed E-state index contributed by atoms with van der Waals surface area (Å²) in [5.41, 5.74) is 0. The van der Waals surface area contributed by atoms with Crippen LogP contribution in [0.15, 0.2) is 0 Å². The van der Waals surface area contributed by atoms with Gasteiger partial charge in [-0.15, -0.1) is 0 Å². The van der Waals surface area contributed by atoms with Crippen LogP contribution in [-0.2, 0) is 0 Å². The lowest BCUT2D eigenvalue weighted by molar-refractivity contribution is 0.182. The lowest BCUT2D eigenvalue weighted by Crippen LogP contribution is -2.36. The molecule has 1 heteroatoms. The van der Waals surface area contributed by atoms with Crippen molar-refractivity contribution in [3.63, 3.8) is 0 Å². The lowest BCUT2D eigenvalue weighted by atomic mass is 10.1. The molecule has 0 aromatic carbocycles. The van der Waals surface area contributed by atoms with Gasteiger partial charge < -0.3 is 4.90 Å². The summed E-state index contributed by atoms with van der Waals surface area (Å²) in [6, 6.07) is 1.48. The van der Waals surface area contributed by atoms with E-state index in [1.807, 2.05) is 0 Å². The lowest BCUT2D eigenvalue weighted by Gasteiger charge is -2.29. The van der Waals surface area contributed by atoms with Gasteiger partial charge in [0.15, 0.2) is 0 Å². The summed E-state index contributed by atoms with van der Waals surface area (Å²) in [6.07, 6.45) is 3.87. The van der Waals surface area contributed by atoms with Crippen LogP contribution in [0, 0.1) is 0 Å². The van der Waals surface area contributed by atoms with Crippen LogP contribution in [0.3, 0.4) is 0 Å². The zero-order valence-corrected chi connectivity index (χ0v) is 8.72. The van der Waals surface area contributed by atoms with Gasteiger partial charge in [-0.05, 0) is 33.7 Å². The van der Waals surface area contributed by atoms with Gasteiger partial charge in [-0.2, -0.15) is 0 Å². The Hall–Kier alpha value is -0.0400. The second-order valence-corrected chi connectivity index (χ2v) is 3.56. The first kappa shape index (κ1) is 11.0. The molecule has 0 saturated heterocycles. The molecule has 2 atom stereocenters. The molecule has 0 aromatic rings. The molecule has 2 unspecified atom stereocenters. The summed E-state index contributed by atoms with van der Waals surface area (Å²) in [4.78, 5) is 2.48. The van der Waals surface area contributed by atoms with Gasteiger partial charge >= 0.3 is 0 Å². The third-order valence-corrected chi connectivity index (χ3v) is 2.69. The van der Waals surface area contributed by atoms with Gasteiger partial charge in [0, 0.05) is 12.1 Å². The van der Waals surface area contributed by atoms with Crippen LogP contribution in [0.5, 0.6) is 0 Å². The standard InChI is InChI=1S/C10H23N/c1-6-8-10(4)11(5)9(3)7-2/h9-10H,6-8H2,1-5H3. The van der Waals surface area contributed by atoms with Crippen molar-refractivity contribution in [2.45, 2.75) is 59.0 Å². The largest absolute Gasteiger partial charge is 0.301 e. The maximum absolute atomic E-state index is 2.48. The molecule has 0 radical (unpaired) electrons.